The largest absolute Gasteiger partial charge is 1.00 e. The first kappa shape index (κ1) is 22.5. The normalized spacial score (nSPS) is 6.11. The zero-order valence-corrected chi connectivity index (χ0v) is 12.4. The molecule has 0 rings (SSSR count). The van der Waals surface area contributed by atoms with Crippen molar-refractivity contribution in [2.75, 3.05) is 6.61 Å². The zero-order chi connectivity index (χ0) is 4.83. The van der Waals surface area contributed by atoms with E-state index in [1.54, 1.807) is 0 Å². The van der Waals surface area contributed by atoms with Gasteiger partial charge in [-0.25, -0.2) is 0 Å². The standard InChI is InChI=1S/C4H9O.3BrH.Zr/c1-2-3-4-5;;;;/h2-4H2,1H3;3*1H;/q-1;;;;+4/p-3. The molecule has 0 fully saturated rings. The zero-order valence-electron chi connectivity index (χ0n) is 5.16. The minimum Gasteiger partial charge on any atom is -1.00 e. The molecule has 0 radical (unpaired) electrons. The van der Waals surface area contributed by atoms with Crippen LogP contribution in [0.3, 0.4) is 0 Å². The van der Waals surface area contributed by atoms with Gasteiger partial charge in [-0.05, 0) is 0 Å². The van der Waals surface area contributed by atoms with Crippen molar-refractivity contribution in [1.82, 2.24) is 0 Å². The van der Waals surface area contributed by atoms with Crippen LogP contribution in [-0.2, 0) is 28.0 Å². The van der Waals surface area contributed by atoms with Gasteiger partial charge in [-0.3, -0.25) is 0 Å². The summed E-state index contributed by atoms with van der Waals surface area (Å²) in [7, 11) is 0. The van der Waals surface area contributed by atoms with E-state index in [0.29, 0.717) is 0 Å². The Balaban J connectivity index is -0.0000000417. The van der Waals surface area contributed by atoms with Crippen LogP contribution in [0.2, 0.25) is 0 Å². The quantitative estimate of drug-likeness (QED) is 0.425. The Kier molecular flexibility index (Phi) is 56.1. The van der Waals surface area contributed by atoms with E-state index in [1.165, 1.54) is 38.0 Å². The van der Waals surface area contributed by atoms with Crippen LogP contribution in [0.25, 0.3) is 0 Å². The minimum atomic E-state index is 0. The van der Waals surface area contributed by atoms with Crippen LogP contribution >= 0.6 is 0 Å². The predicted molar refractivity (Wildman–Crippen MR) is 20.9 cm³/mol. The summed E-state index contributed by atoms with van der Waals surface area (Å²) in [4.78, 5) is 0. The number of hydrogen-bond acceptors (Lipinski definition) is 1. The molecule has 0 bridgehead atoms. The summed E-state index contributed by atoms with van der Waals surface area (Å²) in [6, 6.07) is 0. The Labute approximate surface area is 104 Å². The van der Waals surface area contributed by atoms with E-state index in [4.69, 9.17) is 2.81 Å². The van der Waals surface area contributed by atoms with Gasteiger partial charge in [-0.1, -0.05) is 0 Å². The molecule has 0 saturated carbocycles. The van der Waals surface area contributed by atoms with E-state index >= 15 is 0 Å². The van der Waals surface area contributed by atoms with E-state index in [2.05, 4.69) is 6.92 Å². The van der Waals surface area contributed by atoms with Crippen molar-refractivity contribution in [3.8, 4) is 0 Å². The van der Waals surface area contributed by atoms with Gasteiger partial charge in [0.2, 0.25) is 0 Å². The third-order valence-corrected chi connectivity index (χ3v) is 1.10. The molecule has 0 saturated heterocycles. The second-order valence-electron chi connectivity index (χ2n) is 1.20. The third-order valence-electron chi connectivity index (χ3n) is 0.600. The number of halogens is 3. The Morgan fingerprint density at radius 2 is 1.67 bits per heavy atom. The topological polar surface area (TPSA) is 9.23 Å². The molecule has 0 aromatic rings. The van der Waals surface area contributed by atoms with Crippen molar-refractivity contribution < 1.29 is 78.9 Å². The summed E-state index contributed by atoms with van der Waals surface area (Å²) in [6.45, 7) is 3.12. The van der Waals surface area contributed by atoms with E-state index < -0.39 is 0 Å². The van der Waals surface area contributed by atoms with Crippen molar-refractivity contribution in [1.29, 1.82) is 0 Å². The van der Waals surface area contributed by atoms with E-state index in [9.17, 15) is 0 Å². The second kappa shape index (κ2) is 22.4. The first-order valence-electron chi connectivity index (χ1n) is 2.20. The average molecular weight is 404 g/mol. The monoisotopic (exact) mass is 400 g/mol. The summed E-state index contributed by atoms with van der Waals surface area (Å²) in [5.41, 5.74) is 0. The van der Waals surface area contributed by atoms with Gasteiger partial charge in [-0.15, -0.1) is 0 Å². The maximum Gasteiger partial charge on any atom is -1.00 e. The van der Waals surface area contributed by atoms with Crippen LogP contribution in [0, 0.1) is 0 Å². The molecule has 0 amide bonds. The number of hydrogen-bond donors (Lipinski definition) is 0. The van der Waals surface area contributed by atoms with Gasteiger partial charge in [-0.2, -0.15) is 0 Å². The molecule has 5 heteroatoms. The van der Waals surface area contributed by atoms with Crippen LogP contribution in [0.1, 0.15) is 19.8 Å². The summed E-state index contributed by atoms with van der Waals surface area (Å²) in [6.07, 6.45) is 2.46. The summed E-state index contributed by atoms with van der Waals surface area (Å²) >= 11 is 1.19. The molecule has 0 aliphatic rings. The number of rotatable bonds is 3. The SMILES string of the molecule is CCCC[O][Zr+3].[Br-].[Br-].[Br-]. The summed E-state index contributed by atoms with van der Waals surface area (Å²) in [5.74, 6) is 0. The Morgan fingerprint density at radius 3 is 1.78 bits per heavy atom. The van der Waals surface area contributed by atoms with Crippen LogP contribution in [0.4, 0.5) is 0 Å². The smallest absolute Gasteiger partial charge is 1.00 e. The van der Waals surface area contributed by atoms with Gasteiger partial charge >= 0.3 is 54.3 Å². The van der Waals surface area contributed by atoms with Crippen molar-refractivity contribution in [3.63, 3.8) is 0 Å². The minimum absolute atomic E-state index is 0. The van der Waals surface area contributed by atoms with Gasteiger partial charge in [0.05, 0.1) is 0 Å². The van der Waals surface area contributed by atoms with Crippen LogP contribution in [0.15, 0.2) is 0 Å². The van der Waals surface area contributed by atoms with E-state index in [-0.39, 0.29) is 50.9 Å². The van der Waals surface area contributed by atoms with Crippen molar-refractivity contribution in [2.24, 2.45) is 0 Å². The van der Waals surface area contributed by atoms with Gasteiger partial charge in [0.25, 0.3) is 0 Å². The third kappa shape index (κ3) is 25.3. The van der Waals surface area contributed by atoms with Crippen molar-refractivity contribution in [2.45, 2.75) is 19.8 Å². The Bertz CT molecular complexity index is 27.8. The molecule has 56 valence electrons. The Morgan fingerprint density at radius 1 is 1.22 bits per heavy atom. The molecule has 0 heterocycles. The molecule has 0 spiro atoms. The molecule has 0 aliphatic heterocycles. The van der Waals surface area contributed by atoms with Gasteiger partial charge in [0, 0.05) is 0 Å². The van der Waals surface area contributed by atoms with Crippen LogP contribution in [-0.4, -0.2) is 6.61 Å². The fourth-order valence-electron chi connectivity index (χ4n) is 0.217. The summed E-state index contributed by atoms with van der Waals surface area (Å²) in [5, 5.41) is 0. The molecular formula is C4H9Br3OZr. The molecule has 0 aromatic carbocycles. The summed E-state index contributed by atoms with van der Waals surface area (Å²) < 4.78 is 4.87. The van der Waals surface area contributed by atoms with Gasteiger partial charge < -0.3 is 50.9 Å². The van der Waals surface area contributed by atoms with Gasteiger partial charge in [0.1, 0.15) is 0 Å². The first-order valence-corrected chi connectivity index (χ1v) is 3.20. The van der Waals surface area contributed by atoms with Crippen molar-refractivity contribution >= 4 is 0 Å². The molecule has 0 aromatic heterocycles. The maximum atomic E-state index is 4.87. The maximum absolute atomic E-state index is 4.87. The predicted octanol–water partition coefficient (Wildman–Crippen LogP) is -7.72. The van der Waals surface area contributed by atoms with Crippen LogP contribution < -0.4 is 50.9 Å². The molecule has 0 N–H and O–H groups in total. The van der Waals surface area contributed by atoms with E-state index in [0.717, 1.165) is 6.61 Å². The van der Waals surface area contributed by atoms with Gasteiger partial charge in [0.15, 0.2) is 0 Å². The fourth-order valence-corrected chi connectivity index (χ4v) is 0.571. The van der Waals surface area contributed by atoms with Crippen LogP contribution in [0.5, 0.6) is 0 Å². The molecular weight excluding hydrogens is 395 g/mol. The fraction of sp³-hybridized carbons (Fsp3) is 1.00. The Hall–Kier alpha value is 2.28. The molecule has 0 aliphatic carbocycles. The second-order valence-corrected chi connectivity index (χ2v) is 1.91. The molecule has 0 unspecified atom stereocenters. The molecule has 0 atom stereocenters. The van der Waals surface area contributed by atoms with Crippen molar-refractivity contribution in [3.05, 3.63) is 0 Å². The number of unbranched alkanes of at least 4 members (excludes halogenated alkanes) is 1. The molecule has 1 nitrogen and oxygen atoms in total. The van der Waals surface area contributed by atoms with E-state index in [1.807, 2.05) is 0 Å². The molecule has 9 heavy (non-hydrogen) atoms. The first-order chi connectivity index (χ1) is 2.91. The average Bonchev–Trinajstić information content (AvgIpc) is 1.61.